The Kier molecular flexibility index (Phi) is 3.15. The highest BCUT2D eigenvalue weighted by molar-refractivity contribution is 6.28. The molecular formula is C62H34O2. The maximum atomic E-state index is 11.0. The number of hydrogen-bond donors (Lipinski definition) is 0. The summed E-state index contributed by atoms with van der Waals surface area (Å²) in [5.74, 6) is 0. The summed E-state index contributed by atoms with van der Waals surface area (Å²) in [6, 6.07) is -26.0. The van der Waals surface area contributed by atoms with Gasteiger partial charge in [-0.25, -0.2) is 0 Å². The number of rotatable bonds is 4. The van der Waals surface area contributed by atoms with E-state index in [4.69, 9.17) is 29.4 Å². The van der Waals surface area contributed by atoms with Crippen molar-refractivity contribution in [2.24, 2.45) is 0 Å². The molecule has 0 unspecified atom stereocenters. The predicted molar refractivity (Wildman–Crippen MR) is 270 cm³/mol. The van der Waals surface area contributed by atoms with Gasteiger partial charge in [0.15, 0.2) is 0 Å². The summed E-state index contributed by atoms with van der Waals surface area (Å²) < 4.78 is 314. The third-order valence-corrected chi connectivity index (χ3v) is 11.6. The second kappa shape index (κ2) is 12.6. The van der Waals surface area contributed by atoms with Crippen molar-refractivity contribution in [3.8, 4) is 44.5 Å². The molecule has 15 rings (SSSR count). The summed E-state index contributed by atoms with van der Waals surface area (Å²) in [6.45, 7) is 0. The zero-order valence-corrected chi connectivity index (χ0v) is 32.0. The summed E-state index contributed by atoms with van der Waals surface area (Å²) >= 11 is 0. The largest absolute Gasteiger partial charge is 0.456 e. The fourth-order valence-electron chi connectivity index (χ4n) is 8.82. The lowest BCUT2D eigenvalue weighted by Crippen LogP contribution is -1.95. The van der Waals surface area contributed by atoms with Crippen LogP contribution in [0.1, 0.15) is 43.9 Å². The summed E-state index contributed by atoms with van der Waals surface area (Å²) in [5.41, 5.74) is -8.94. The number of benzene rings is 13. The van der Waals surface area contributed by atoms with Gasteiger partial charge in [-0.15, -0.1) is 0 Å². The van der Waals surface area contributed by atoms with Gasteiger partial charge in [0, 0.05) is 21.5 Å². The Bertz CT molecular complexity index is 6290. The van der Waals surface area contributed by atoms with Gasteiger partial charge in [-0.1, -0.05) is 157 Å². The van der Waals surface area contributed by atoms with Gasteiger partial charge < -0.3 is 8.83 Å². The highest BCUT2D eigenvalue weighted by atomic mass is 16.3. The van der Waals surface area contributed by atoms with E-state index in [0.717, 1.165) is 12.1 Å². The Morgan fingerprint density at radius 1 is 0.281 bits per heavy atom. The molecule has 2 nitrogen and oxygen atoms in total. The van der Waals surface area contributed by atoms with Gasteiger partial charge in [-0.3, -0.25) is 0 Å². The molecule has 64 heavy (non-hydrogen) atoms. The van der Waals surface area contributed by atoms with E-state index in [0.29, 0.717) is 0 Å². The Morgan fingerprint density at radius 2 is 0.781 bits per heavy atom. The van der Waals surface area contributed by atoms with Crippen LogP contribution in [0, 0.1) is 0 Å². The van der Waals surface area contributed by atoms with E-state index in [1.807, 2.05) is 0 Å². The van der Waals surface area contributed by atoms with Crippen LogP contribution < -0.4 is 0 Å². The van der Waals surface area contributed by atoms with Crippen molar-refractivity contribution in [1.82, 2.24) is 0 Å². The third-order valence-electron chi connectivity index (χ3n) is 11.6. The van der Waals surface area contributed by atoms with E-state index in [2.05, 4.69) is 0 Å². The van der Waals surface area contributed by atoms with Gasteiger partial charge >= 0.3 is 0 Å². The fraction of sp³-hybridized carbons (Fsp3) is 0. The smallest absolute Gasteiger partial charge is 0.135 e. The molecule has 2 aromatic heterocycles. The average molecular weight is 843 g/mol. The van der Waals surface area contributed by atoms with Crippen molar-refractivity contribution >= 4 is 109 Å². The second-order valence-electron chi connectivity index (χ2n) is 14.9. The molecule has 15 aromatic rings. The van der Waals surface area contributed by atoms with E-state index < -0.39 is 336 Å². The molecule has 13 aromatic carbocycles. The first-order valence-electron chi connectivity index (χ1n) is 35.5. The van der Waals surface area contributed by atoms with Crippen molar-refractivity contribution in [1.29, 1.82) is 0 Å². The molecule has 0 saturated carbocycles. The molecule has 0 bridgehead atoms. The molecule has 0 saturated heterocycles. The van der Waals surface area contributed by atoms with Gasteiger partial charge in [0.2, 0.25) is 0 Å². The van der Waals surface area contributed by atoms with E-state index in [9.17, 15) is 23.3 Å². The van der Waals surface area contributed by atoms with Crippen LogP contribution in [0.15, 0.2) is 214 Å². The normalized spacial score (nSPS) is 19.4. The first-order chi connectivity index (χ1) is 45.1. The summed E-state index contributed by atoms with van der Waals surface area (Å²) in [5, 5.41) is -7.84. The molecule has 0 spiro atoms. The monoisotopic (exact) mass is 842 g/mol. The van der Waals surface area contributed by atoms with Crippen LogP contribution in [0.4, 0.5) is 0 Å². The molecule has 0 atom stereocenters. The lowest BCUT2D eigenvalue weighted by molar-refractivity contribution is 0.668. The van der Waals surface area contributed by atoms with Crippen molar-refractivity contribution in [2.75, 3.05) is 0 Å². The molecular weight excluding hydrogens is 777 g/mol. The molecule has 0 radical (unpaired) electrons. The lowest BCUT2D eigenvalue weighted by atomic mass is 9.81. The molecule has 0 aliphatic rings. The molecule has 294 valence electrons. The standard InChI is InChI=1S/C62H34O2/c1-3-13-54-46(11-1)51-31-41(23-29-56(51)63-54)50-33-43(44-25-19-39-17-15-35-7-5-9-37-21-27-48(44)61(39)58(35)37)34-53(60(50)42-24-30-57-52(32-42)47-12-2-4-14-55(47)64-57)45-26-20-40-18-16-36-8-6-10-38-22-28-49(45)62(40)59(36)38/h1-34H/i1D,2D,3D,4D,5D,6D,7D,8D,9D,10D,11D,12D,13D,14D,15D,16D,17D,18D,19D,20D,21D,22D,23D,24D,25D,27D,28D,29D,30D,31D,33D,34D. The van der Waals surface area contributed by atoms with Crippen LogP contribution in [0.2, 0.25) is 0 Å². The minimum Gasteiger partial charge on any atom is -0.456 e. The maximum absolute atomic E-state index is 11.0. The van der Waals surface area contributed by atoms with Crippen LogP contribution in [0.5, 0.6) is 0 Å². The number of hydrogen-bond acceptors (Lipinski definition) is 2. The minimum atomic E-state index is -1.17. The molecule has 0 amide bonds. The third kappa shape index (κ3) is 4.69. The Labute approximate surface area is 411 Å². The lowest BCUT2D eigenvalue weighted by Gasteiger charge is -2.22. The maximum Gasteiger partial charge on any atom is 0.135 e. The van der Waals surface area contributed by atoms with Crippen LogP contribution in [0.3, 0.4) is 0 Å². The first kappa shape index (κ1) is 16.0. The van der Waals surface area contributed by atoms with Crippen molar-refractivity contribution in [3.63, 3.8) is 0 Å². The minimum absolute atomic E-state index is 0.359. The average Bonchev–Trinajstić information content (AvgIpc) is 0.860. The topological polar surface area (TPSA) is 26.3 Å². The van der Waals surface area contributed by atoms with E-state index in [-0.39, 0.29) is 10.8 Å². The Morgan fingerprint density at radius 3 is 1.45 bits per heavy atom. The van der Waals surface area contributed by atoms with Gasteiger partial charge in [0.1, 0.15) is 22.3 Å². The van der Waals surface area contributed by atoms with E-state index in [1.54, 1.807) is 0 Å². The summed E-state index contributed by atoms with van der Waals surface area (Å²) in [4.78, 5) is 0. The van der Waals surface area contributed by atoms with Gasteiger partial charge in [0.05, 0.1) is 43.9 Å². The van der Waals surface area contributed by atoms with Crippen molar-refractivity contribution in [3.05, 3.63) is 205 Å². The summed E-state index contributed by atoms with van der Waals surface area (Å²) in [6.07, 6.45) is 0. The van der Waals surface area contributed by atoms with Gasteiger partial charge in [0.25, 0.3) is 0 Å². The Hall–Kier alpha value is -8.46. The highest BCUT2D eigenvalue weighted by Crippen LogP contribution is 2.50. The molecule has 2 heterocycles. The number of furan rings is 2. The zero-order valence-electron chi connectivity index (χ0n) is 64.0. The molecule has 2 heteroatoms. The van der Waals surface area contributed by atoms with Crippen LogP contribution in [0.25, 0.3) is 153 Å². The van der Waals surface area contributed by atoms with Gasteiger partial charge in [-0.2, -0.15) is 0 Å². The van der Waals surface area contributed by atoms with Crippen LogP contribution >= 0.6 is 0 Å². The summed E-state index contributed by atoms with van der Waals surface area (Å²) in [7, 11) is 0. The van der Waals surface area contributed by atoms with Crippen molar-refractivity contribution < 1.29 is 52.7 Å². The van der Waals surface area contributed by atoms with Crippen LogP contribution in [-0.2, 0) is 0 Å². The van der Waals surface area contributed by atoms with Crippen LogP contribution in [-0.4, -0.2) is 0 Å². The van der Waals surface area contributed by atoms with E-state index in [1.165, 1.54) is 0 Å². The van der Waals surface area contributed by atoms with E-state index >= 15 is 0 Å². The second-order valence-corrected chi connectivity index (χ2v) is 14.9. The van der Waals surface area contributed by atoms with Crippen molar-refractivity contribution in [2.45, 2.75) is 0 Å². The predicted octanol–water partition coefficient (Wildman–Crippen LogP) is 17.9. The number of para-hydroxylation sites is 2. The molecule has 0 aliphatic heterocycles. The molecule has 0 N–H and O–H groups in total. The quantitative estimate of drug-likeness (QED) is 0.165. The molecule has 0 aliphatic carbocycles. The molecule has 0 fully saturated rings. The highest BCUT2D eigenvalue weighted by Gasteiger charge is 2.23. The SMILES string of the molecule is [2H]c1c(-c2c([2H])c([2H])c3c([2H])c([2H])c4c([2H])c([2H])c([2H])c5c([2H])c([2H])c2c3c45)c([2H])c(-c2cc([2H])c3c([2H])c([2H])c4c([2H])c([2H])c([2H])c5c([2H])c([2H])c2c3c45)c(-c2cc3c(oc4c([2H])c([2H])c([2H])c([2H])c43)c([2H])c2[2H])c1-c1c([2H])c([2H])c2oc3c([2H])c([2H])c([2H])c([2H])c3c2c1[2H]. The first-order valence-corrected chi connectivity index (χ1v) is 19.5. The number of fused-ring (bicyclic) bond motifs is 6. The van der Waals surface area contributed by atoms with Gasteiger partial charge in [-0.05, 0) is 158 Å². The fourth-order valence-corrected chi connectivity index (χ4v) is 8.82. The Balaban J connectivity index is 1.30. The zero-order chi connectivity index (χ0) is 69.5.